The third-order valence-electron chi connectivity index (χ3n) is 4.63. The number of rotatable bonds is 4. The Morgan fingerprint density at radius 3 is 2.86 bits per heavy atom. The zero-order chi connectivity index (χ0) is 14.7. The first-order chi connectivity index (χ1) is 10.3. The largest absolute Gasteiger partial charge is 0.392 e. The van der Waals surface area contributed by atoms with Gasteiger partial charge in [0.25, 0.3) is 0 Å². The van der Waals surface area contributed by atoms with Gasteiger partial charge in [-0.2, -0.15) is 0 Å². The maximum Gasteiger partial charge on any atom is 0.0705 e. The molecule has 0 radical (unpaired) electrons. The van der Waals surface area contributed by atoms with Crippen LogP contribution in [-0.4, -0.2) is 23.8 Å². The molecule has 1 aromatic heterocycles. The molecule has 1 saturated carbocycles. The molecule has 3 rings (SSSR count). The van der Waals surface area contributed by atoms with Crippen LogP contribution < -0.4 is 0 Å². The van der Waals surface area contributed by atoms with E-state index in [0.29, 0.717) is 11.8 Å². The van der Waals surface area contributed by atoms with Crippen molar-refractivity contribution in [2.45, 2.75) is 38.2 Å². The third-order valence-corrected chi connectivity index (χ3v) is 4.63. The number of aliphatic hydroxyl groups excluding tert-OH is 1. The highest BCUT2D eigenvalue weighted by Crippen LogP contribution is 2.37. The first-order valence-corrected chi connectivity index (χ1v) is 7.81. The molecule has 0 bridgehead atoms. The molecular weight excluding hydrogens is 262 g/mol. The molecule has 2 atom stereocenters. The van der Waals surface area contributed by atoms with E-state index in [0.717, 1.165) is 23.1 Å². The Labute approximate surface area is 126 Å². The zero-order valence-electron chi connectivity index (χ0n) is 12.6. The number of hydrogen-bond donors (Lipinski definition) is 1. The van der Waals surface area contributed by atoms with Gasteiger partial charge in [0, 0.05) is 30.7 Å². The van der Waals surface area contributed by atoms with Crippen LogP contribution >= 0.6 is 0 Å². The van der Waals surface area contributed by atoms with Crippen molar-refractivity contribution in [1.82, 2.24) is 4.98 Å². The molecular formula is C18H23NO2. The van der Waals surface area contributed by atoms with Crippen molar-refractivity contribution in [3.05, 3.63) is 41.6 Å². The molecule has 1 N–H and O–H groups in total. The number of ether oxygens (including phenoxy) is 1. The Morgan fingerprint density at radius 1 is 1.19 bits per heavy atom. The molecule has 0 aliphatic heterocycles. The van der Waals surface area contributed by atoms with E-state index in [2.05, 4.69) is 12.1 Å². The number of methoxy groups -OCH3 is 1. The van der Waals surface area contributed by atoms with Crippen molar-refractivity contribution in [2.75, 3.05) is 13.7 Å². The average molecular weight is 285 g/mol. The van der Waals surface area contributed by atoms with E-state index in [4.69, 9.17) is 9.72 Å². The number of aromatic nitrogens is 1. The number of aliphatic hydroxyl groups is 1. The summed E-state index contributed by atoms with van der Waals surface area (Å²) in [4.78, 5) is 4.87. The van der Waals surface area contributed by atoms with Gasteiger partial charge in [0.15, 0.2) is 0 Å². The molecule has 2 aromatic rings. The van der Waals surface area contributed by atoms with Crippen molar-refractivity contribution in [1.29, 1.82) is 0 Å². The van der Waals surface area contributed by atoms with Gasteiger partial charge in [-0.3, -0.25) is 4.98 Å². The van der Waals surface area contributed by atoms with Crippen molar-refractivity contribution in [2.24, 2.45) is 5.92 Å². The molecule has 3 heteroatoms. The average Bonchev–Trinajstić information content (AvgIpc) is 2.55. The summed E-state index contributed by atoms with van der Waals surface area (Å²) in [5.74, 6) is 1.10. The van der Waals surface area contributed by atoms with E-state index in [1.54, 1.807) is 7.11 Å². The van der Waals surface area contributed by atoms with Crippen LogP contribution in [0.25, 0.3) is 10.9 Å². The lowest BCUT2D eigenvalue weighted by atomic mass is 9.77. The zero-order valence-corrected chi connectivity index (χ0v) is 12.6. The van der Waals surface area contributed by atoms with Crippen molar-refractivity contribution >= 4 is 10.9 Å². The number of hydrogen-bond acceptors (Lipinski definition) is 3. The van der Waals surface area contributed by atoms with Crippen LogP contribution in [0.3, 0.4) is 0 Å². The van der Waals surface area contributed by atoms with Gasteiger partial charge >= 0.3 is 0 Å². The first kappa shape index (κ1) is 14.5. The fourth-order valence-electron chi connectivity index (χ4n) is 3.51. The Balaban J connectivity index is 1.92. The van der Waals surface area contributed by atoms with E-state index < -0.39 is 0 Å². The van der Waals surface area contributed by atoms with Crippen molar-refractivity contribution in [3.8, 4) is 0 Å². The predicted octanol–water partition coefficient (Wildman–Crippen LogP) is 3.65. The molecule has 112 valence electrons. The van der Waals surface area contributed by atoms with Crippen LogP contribution in [0.15, 0.2) is 30.3 Å². The summed E-state index contributed by atoms with van der Waals surface area (Å²) in [5, 5.41) is 10.3. The molecule has 3 nitrogen and oxygen atoms in total. The summed E-state index contributed by atoms with van der Waals surface area (Å²) in [6.07, 6.45) is 5.04. The SMILES string of the molecule is COC[C@H]1CCCC[C@@H]1c1ccc2cc(CO)ccc2n1. The van der Waals surface area contributed by atoms with Crippen LogP contribution in [0.1, 0.15) is 42.9 Å². The molecule has 1 aromatic carbocycles. The normalized spacial score (nSPS) is 22.6. The van der Waals surface area contributed by atoms with Gasteiger partial charge in [0.1, 0.15) is 0 Å². The second-order valence-electron chi connectivity index (χ2n) is 6.03. The number of nitrogens with zero attached hydrogens (tertiary/aromatic N) is 1. The third kappa shape index (κ3) is 3.09. The van der Waals surface area contributed by atoms with Gasteiger partial charge in [-0.25, -0.2) is 0 Å². The maximum absolute atomic E-state index is 9.21. The second kappa shape index (κ2) is 6.54. The summed E-state index contributed by atoms with van der Waals surface area (Å²) >= 11 is 0. The van der Waals surface area contributed by atoms with Gasteiger partial charge in [-0.15, -0.1) is 0 Å². The summed E-state index contributed by atoms with van der Waals surface area (Å²) < 4.78 is 5.40. The topological polar surface area (TPSA) is 42.4 Å². The molecule has 0 unspecified atom stereocenters. The van der Waals surface area contributed by atoms with Crippen molar-refractivity contribution < 1.29 is 9.84 Å². The Bertz CT molecular complexity index is 609. The Hall–Kier alpha value is -1.45. The van der Waals surface area contributed by atoms with Gasteiger partial charge in [-0.05, 0) is 42.5 Å². The van der Waals surface area contributed by atoms with E-state index in [1.807, 2.05) is 18.2 Å². The van der Waals surface area contributed by atoms with E-state index in [-0.39, 0.29) is 6.61 Å². The Kier molecular flexibility index (Phi) is 4.51. The lowest BCUT2D eigenvalue weighted by Crippen LogP contribution is -2.22. The summed E-state index contributed by atoms with van der Waals surface area (Å²) in [6, 6.07) is 10.3. The fourth-order valence-corrected chi connectivity index (χ4v) is 3.51. The minimum absolute atomic E-state index is 0.0796. The fraction of sp³-hybridized carbons (Fsp3) is 0.500. The van der Waals surface area contributed by atoms with Gasteiger partial charge in [0.05, 0.1) is 12.1 Å². The van der Waals surface area contributed by atoms with Gasteiger partial charge < -0.3 is 9.84 Å². The minimum atomic E-state index is 0.0796. The van der Waals surface area contributed by atoms with Crippen LogP contribution in [0.5, 0.6) is 0 Å². The maximum atomic E-state index is 9.21. The highest BCUT2D eigenvalue weighted by Gasteiger charge is 2.27. The number of pyridine rings is 1. The van der Waals surface area contributed by atoms with Crippen molar-refractivity contribution in [3.63, 3.8) is 0 Å². The molecule has 21 heavy (non-hydrogen) atoms. The first-order valence-electron chi connectivity index (χ1n) is 7.81. The highest BCUT2D eigenvalue weighted by molar-refractivity contribution is 5.79. The summed E-state index contributed by atoms with van der Waals surface area (Å²) in [5.41, 5.74) is 3.15. The van der Waals surface area contributed by atoms with Crippen LogP contribution in [0.4, 0.5) is 0 Å². The van der Waals surface area contributed by atoms with Gasteiger partial charge in [-0.1, -0.05) is 25.0 Å². The number of benzene rings is 1. The lowest BCUT2D eigenvalue weighted by Gasteiger charge is -2.30. The molecule has 1 fully saturated rings. The molecule has 1 aliphatic carbocycles. The van der Waals surface area contributed by atoms with E-state index in [1.165, 1.54) is 31.4 Å². The standard InChI is InChI=1S/C18H23NO2/c1-21-12-15-4-2-3-5-16(15)18-9-7-14-10-13(11-20)6-8-17(14)19-18/h6-10,15-16,20H,2-5,11-12H2,1H3/t15-,16+/m1/s1. The second-order valence-corrected chi connectivity index (χ2v) is 6.03. The quantitative estimate of drug-likeness (QED) is 0.932. The van der Waals surface area contributed by atoms with E-state index in [9.17, 15) is 5.11 Å². The van der Waals surface area contributed by atoms with Crippen LogP contribution in [-0.2, 0) is 11.3 Å². The summed E-state index contributed by atoms with van der Waals surface area (Å²) in [6.45, 7) is 0.907. The predicted molar refractivity (Wildman–Crippen MR) is 84.2 cm³/mol. The van der Waals surface area contributed by atoms with E-state index >= 15 is 0 Å². The van der Waals surface area contributed by atoms with Crippen LogP contribution in [0, 0.1) is 5.92 Å². The lowest BCUT2D eigenvalue weighted by molar-refractivity contribution is 0.117. The monoisotopic (exact) mass is 285 g/mol. The molecule has 0 saturated heterocycles. The molecule has 1 aliphatic rings. The summed E-state index contributed by atoms with van der Waals surface area (Å²) in [7, 11) is 1.79. The molecule has 1 heterocycles. The number of fused-ring (bicyclic) bond motifs is 1. The molecule has 0 spiro atoms. The van der Waals surface area contributed by atoms with Crippen LogP contribution in [0.2, 0.25) is 0 Å². The molecule has 0 amide bonds. The minimum Gasteiger partial charge on any atom is -0.392 e. The highest BCUT2D eigenvalue weighted by atomic mass is 16.5. The van der Waals surface area contributed by atoms with Gasteiger partial charge in [0.2, 0.25) is 0 Å². The Morgan fingerprint density at radius 2 is 2.05 bits per heavy atom. The smallest absolute Gasteiger partial charge is 0.0705 e.